The lowest BCUT2D eigenvalue weighted by molar-refractivity contribution is -0.192. The monoisotopic (exact) mass is 365 g/mol. The number of amides is 3. The third-order valence-corrected chi connectivity index (χ3v) is 3.62. The number of nitrogens with one attached hydrogen (secondary N) is 1. The van der Waals surface area contributed by atoms with Gasteiger partial charge < -0.3 is 16.2 Å². The zero-order chi connectivity index (χ0) is 19.2. The highest BCUT2D eigenvalue weighted by Crippen LogP contribution is 2.23. The maximum Gasteiger partial charge on any atom is 0.490 e. The lowest BCUT2D eigenvalue weighted by atomic mass is 10.1. The first kappa shape index (κ1) is 20.6. The molecule has 1 saturated carbocycles. The maximum atomic E-state index is 11.8. The molecule has 2 aliphatic rings. The predicted octanol–water partition coefficient (Wildman–Crippen LogP) is -0.212. The van der Waals surface area contributed by atoms with Crippen LogP contribution in [0.1, 0.15) is 19.3 Å². The van der Waals surface area contributed by atoms with Crippen molar-refractivity contribution in [1.82, 2.24) is 10.2 Å². The van der Waals surface area contributed by atoms with Crippen LogP contribution in [0.25, 0.3) is 0 Å². The van der Waals surface area contributed by atoms with Gasteiger partial charge in [-0.25, -0.2) is 4.79 Å². The van der Waals surface area contributed by atoms with Gasteiger partial charge in [0.15, 0.2) is 0 Å². The SMILES string of the molecule is N[C@H]1CC[C@@H](C(=O)NCCN2C(=O)C=CC2=O)C1.O=C(O)C(F)(F)F. The molecule has 8 nitrogen and oxygen atoms in total. The van der Waals surface area contributed by atoms with Gasteiger partial charge in [0.1, 0.15) is 0 Å². The molecule has 0 saturated heterocycles. The molecule has 25 heavy (non-hydrogen) atoms. The smallest absolute Gasteiger partial charge is 0.475 e. The number of nitrogens with zero attached hydrogens (tertiary/aromatic N) is 1. The lowest BCUT2D eigenvalue weighted by Gasteiger charge is -2.15. The number of imide groups is 1. The minimum Gasteiger partial charge on any atom is -0.475 e. The Balaban J connectivity index is 0.000000381. The van der Waals surface area contributed by atoms with Crippen LogP contribution in [-0.4, -0.2) is 59.0 Å². The highest BCUT2D eigenvalue weighted by atomic mass is 19.4. The Hall–Kier alpha value is -2.43. The third kappa shape index (κ3) is 6.53. The molecule has 0 aromatic heterocycles. The zero-order valence-electron chi connectivity index (χ0n) is 13.1. The molecule has 0 aromatic rings. The molecule has 1 aliphatic heterocycles. The number of carbonyl (C=O) groups excluding carboxylic acids is 3. The zero-order valence-corrected chi connectivity index (χ0v) is 13.1. The van der Waals surface area contributed by atoms with Crippen LogP contribution < -0.4 is 11.1 Å². The summed E-state index contributed by atoms with van der Waals surface area (Å²) in [6.45, 7) is 0.513. The molecule has 140 valence electrons. The van der Waals surface area contributed by atoms with Crippen molar-refractivity contribution in [3.63, 3.8) is 0 Å². The van der Waals surface area contributed by atoms with Gasteiger partial charge in [-0.2, -0.15) is 13.2 Å². The van der Waals surface area contributed by atoms with Crippen molar-refractivity contribution in [2.75, 3.05) is 13.1 Å². The van der Waals surface area contributed by atoms with E-state index < -0.39 is 12.1 Å². The Morgan fingerprint density at radius 2 is 1.76 bits per heavy atom. The third-order valence-electron chi connectivity index (χ3n) is 3.62. The Labute approximate surface area is 140 Å². The van der Waals surface area contributed by atoms with Gasteiger partial charge in [-0.3, -0.25) is 19.3 Å². The maximum absolute atomic E-state index is 11.8. The highest BCUT2D eigenvalue weighted by molar-refractivity contribution is 6.12. The second-order valence-electron chi connectivity index (χ2n) is 5.53. The fraction of sp³-hybridized carbons (Fsp3) is 0.571. The van der Waals surface area contributed by atoms with Gasteiger partial charge in [-0.1, -0.05) is 0 Å². The van der Waals surface area contributed by atoms with E-state index in [0.29, 0.717) is 6.54 Å². The van der Waals surface area contributed by atoms with Crippen LogP contribution in [0.2, 0.25) is 0 Å². The number of hydrogen-bond acceptors (Lipinski definition) is 5. The number of aliphatic carboxylic acids is 1. The van der Waals surface area contributed by atoms with Gasteiger partial charge in [-0.05, 0) is 19.3 Å². The first-order valence-corrected chi connectivity index (χ1v) is 7.39. The summed E-state index contributed by atoms with van der Waals surface area (Å²) in [6, 6.07) is 0.117. The van der Waals surface area contributed by atoms with Crippen LogP contribution in [0.15, 0.2) is 12.2 Å². The molecule has 1 fully saturated rings. The summed E-state index contributed by atoms with van der Waals surface area (Å²) in [5.74, 6) is -3.46. The molecule has 2 atom stereocenters. The van der Waals surface area contributed by atoms with Gasteiger partial charge in [0, 0.05) is 37.2 Å². The van der Waals surface area contributed by atoms with Crippen molar-refractivity contribution in [3.8, 4) is 0 Å². The fourth-order valence-electron chi connectivity index (χ4n) is 2.34. The fourth-order valence-corrected chi connectivity index (χ4v) is 2.34. The minimum absolute atomic E-state index is 0.0249. The van der Waals surface area contributed by atoms with Crippen molar-refractivity contribution in [2.24, 2.45) is 11.7 Å². The molecule has 2 rings (SSSR count). The number of carboxylic acids is 1. The van der Waals surface area contributed by atoms with Crippen molar-refractivity contribution in [2.45, 2.75) is 31.5 Å². The van der Waals surface area contributed by atoms with Crippen LogP contribution in [0, 0.1) is 5.92 Å². The second-order valence-corrected chi connectivity index (χ2v) is 5.53. The number of hydrogen-bond donors (Lipinski definition) is 3. The molecule has 4 N–H and O–H groups in total. The molecular weight excluding hydrogens is 347 g/mol. The van der Waals surface area contributed by atoms with Crippen molar-refractivity contribution >= 4 is 23.7 Å². The van der Waals surface area contributed by atoms with E-state index >= 15 is 0 Å². The van der Waals surface area contributed by atoms with Crippen molar-refractivity contribution < 1.29 is 37.5 Å². The van der Waals surface area contributed by atoms with Gasteiger partial charge in [0.25, 0.3) is 11.8 Å². The normalized spacial score (nSPS) is 22.6. The van der Waals surface area contributed by atoms with E-state index in [1.165, 1.54) is 12.2 Å². The summed E-state index contributed by atoms with van der Waals surface area (Å²) in [7, 11) is 0. The molecule has 3 amide bonds. The Bertz CT molecular complexity index is 559. The standard InChI is InChI=1S/C12H17N3O3.C2HF3O2/c13-9-2-1-8(7-9)12(18)14-5-6-15-10(16)3-4-11(15)17;3-2(4,5)1(6)7/h3-4,8-9H,1-2,5-7,13H2,(H,14,18);(H,6,7)/t8-,9+;/m1./s1. The molecular formula is C14H18F3N3O5. The summed E-state index contributed by atoms with van der Waals surface area (Å²) in [6.07, 6.45) is -0.198. The topological polar surface area (TPSA) is 130 Å². The molecule has 1 aliphatic carbocycles. The quantitative estimate of drug-likeness (QED) is 0.591. The molecule has 0 spiro atoms. The Morgan fingerprint density at radius 3 is 2.16 bits per heavy atom. The first-order chi connectivity index (χ1) is 11.5. The molecule has 1 heterocycles. The summed E-state index contributed by atoms with van der Waals surface area (Å²) >= 11 is 0. The van der Waals surface area contributed by atoms with Crippen LogP contribution >= 0.6 is 0 Å². The van der Waals surface area contributed by atoms with Crippen molar-refractivity contribution in [1.29, 1.82) is 0 Å². The van der Waals surface area contributed by atoms with Crippen molar-refractivity contribution in [3.05, 3.63) is 12.2 Å². The lowest BCUT2D eigenvalue weighted by Crippen LogP contribution is -2.39. The second kappa shape index (κ2) is 8.60. The van der Waals surface area contributed by atoms with E-state index in [4.69, 9.17) is 15.6 Å². The van der Waals surface area contributed by atoms with Gasteiger partial charge in [0.2, 0.25) is 5.91 Å². The van der Waals surface area contributed by atoms with Gasteiger partial charge in [0.05, 0.1) is 0 Å². The molecule has 0 unspecified atom stereocenters. The Kier molecular flexibility index (Phi) is 7.09. The summed E-state index contributed by atoms with van der Waals surface area (Å²) in [5.41, 5.74) is 5.74. The van der Waals surface area contributed by atoms with E-state index in [1.54, 1.807) is 0 Å². The van der Waals surface area contributed by atoms with Crippen LogP contribution in [0.5, 0.6) is 0 Å². The number of carbonyl (C=O) groups is 4. The largest absolute Gasteiger partial charge is 0.490 e. The van der Waals surface area contributed by atoms with E-state index in [-0.39, 0.29) is 36.2 Å². The van der Waals surface area contributed by atoms with E-state index in [1.807, 2.05) is 0 Å². The van der Waals surface area contributed by atoms with E-state index in [9.17, 15) is 27.6 Å². The van der Waals surface area contributed by atoms with Gasteiger partial charge >= 0.3 is 12.1 Å². The summed E-state index contributed by atoms with van der Waals surface area (Å²) < 4.78 is 31.7. The van der Waals surface area contributed by atoms with E-state index in [2.05, 4.69) is 5.32 Å². The number of alkyl halides is 3. The first-order valence-electron chi connectivity index (χ1n) is 7.39. The number of halogens is 3. The van der Waals surface area contributed by atoms with Crippen LogP contribution in [0.3, 0.4) is 0 Å². The summed E-state index contributed by atoms with van der Waals surface area (Å²) in [4.78, 5) is 44.3. The van der Waals surface area contributed by atoms with E-state index in [0.717, 1.165) is 24.2 Å². The number of rotatable bonds is 4. The molecule has 11 heteroatoms. The predicted molar refractivity (Wildman–Crippen MR) is 77.9 cm³/mol. The minimum atomic E-state index is -5.08. The molecule has 0 bridgehead atoms. The van der Waals surface area contributed by atoms with Gasteiger partial charge in [-0.15, -0.1) is 0 Å². The Morgan fingerprint density at radius 1 is 1.24 bits per heavy atom. The number of nitrogens with two attached hydrogens (primary N) is 1. The average molecular weight is 365 g/mol. The van der Waals surface area contributed by atoms with Crippen LogP contribution in [0.4, 0.5) is 13.2 Å². The summed E-state index contributed by atoms with van der Waals surface area (Å²) in [5, 5.41) is 9.87. The molecule has 0 radical (unpaired) electrons. The van der Waals surface area contributed by atoms with Crippen LogP contribution in [-0.2, 0) is 19.2 Å². The molecule has 0 aromatic carbocycles. The average Bonchev–Trinajstić information content (AvgIpc) is 3.07. The number of carboxylic acid groups (broad SMARTS) is 1. The highest BCUT2D eigenvalue weighted by Gasteiger charge is 2.38.